The topological polar surface area (TPSA) is 35.1 Å². The molecule has 1 heterocycles. The van der Waals surface area contributed by atoms with Gasteiger partial charge in [0.1, 0.15) is 11.7 Å². The van der Waals surface area contributed by atoms with Gasteiger partial charge in [0.2, 0.25) is 4.77 Å². The fraction of sp³-hybridized carbons (Fsp3) is 0.111. The van der Waals surface area contributed by atoms with Crippen molar-refractivity contribution in [3.8, 4) is 11.4 Å². The lowest BCUT2D eigenvalue weighted by atomic mass is 10.2. The molecule has 6 heteroatoms. The summed E-state index contributed by atoms with van der Waals surface area (Å²) in [4.78, 5) is 8.98. The molecule has 24 heavy (non-hydrogen) atoms. The van der Waals surface area contributed by atoms with Crippen molar-refractivity contribution in [1.82, 2.24) is 14.1 Å². The molecule has 1 aromatic heterocycles. The van der Waals surface area contributed by atoms with Crippen molar-refractivity contribution in [2.75, 3.05) is 7.05 Å². The summed E-state index contributed by atoms with van der Waals surface area (Å²) in [5.74, 6) is 1.43. The number of aliphatic imine (C=N–C) groups is 1. The predicted molar refractivity (Wildman–Crippen MR) is 103 cm³/mol. The van der Waals surface area contributed by atoms with Gasteiger partial charge in [-0.2, -0.15) is 0 Å². The average Bonchev–Trinajstić information content (AvgIpc) is 2.63. The van der Waals surface area contributed by atoms with Crippen LogP contribution in [-0.2, 0) is 7.05 Å². The molecule has 0 bridgehead atoms. The van der Waals surface area contributed by atoms with Crippen LogP contribution in [0.2, 0.25) is 0 Å². The zero-order chi connectivity index (χ0) is 17.1. The molecule has 0 fully saturated rings. The van der Waals surface area contributed by atoms with Crippen LogP contribution in [0.25, 0.3) is 11.4 Å². The first kappa shape index (κ1) is 16.4. The highest BCUT2D eigenvalue weighted by atomic mass is 32.1. The fourth-order valence-electron chi connectivity index (χ4n) is 2.51. The Kier molecular flexibility index (Phi) is 4.78. The molecule has 3 rings (SSSR count). The van der Waals surface area contributed by atoms with E-state index in [1.807, 2.05) is 72.3 Å². The van der Waals surface area contributed by atoms with Gasteiger partial charge in [-0.1, -0.05) is 60.7 Å². The van der Waals surface area contributed by atoms with E-state index in [-0.39, 0.29) is 0 Å². The van der Waals surface area contributed by atoms with Crippen LogP contribution in [0.5, 0.6) is 0 Å². The summed E-state index contributed by atoms with van der Waals surface area (Å²) >= 11 is 11.2. The molecule has 0 spiro atoms. The number of rotatable bonds is 2. The molecule has 120 valence electrons. The third-order valence-electron chi connectivity index (χ3n) is 3.68. The van der Waals surface area contributed by atoms with E-state index in [1.165, 1.54) is 0 Å². The van der Waals surface area contributed by atoms with E-state index in [0.717, 1.165) is 17.0 Å². The quantitative estimate of drug-likeness (QED) is 0.392. The maximum atomic E-state index is 5.65. The Hall–Kier alpha value is -2.44. The zero-order valence-electron chi connectivity index (χ0n) is 13.4. The number of aromatic nitrogens is 3. The van der Waals surface area contributed by atoms with E-state index in [4.69, 9.17) is 24.4 Å². The SMILES string of the molecule is CN=C(c1ccccc1)n1c(=S)nc(-c2ccccc2)n(C)c1=S. The van der Waals surface area contributed by atoms with Gasteiger partial charge in [0.25, 0.3) is 0 Å². The van der Waals surface area contributed by atoms with Gasteiger partial charge in [0.05, 0.1) is 0 Å². The van der Waals surface area contributed by atoms with E-state index in [0.29, 0.717) is 15.4 Å². The monoisotopic (exact) mass is 352 g/mol. The first-order chi connectivity index (χ1) is 11.6. The maximum absolute atomic E-state index is 5.65. The van der Waals surface area contributed by atoms with Crippen molar-refractivity contribution in [1.29, 1.82) is 0 Å². The Bertz CT molecular complexity index is 1000. The van der Waals surface area contributed by atoms with Gasteiger partial charge in [-0.05, 0) is 24.4 Å². The third-order valence-corrected chi connectivity index (χ3v) is 4.41. The molecular formula is C18H16N4S2. The summed E-state index contributed by atoms with van der Waals surface area (Å²) in [6, 6.07) is 19.7. The molecule has 0 saturated carbocycles. The van der Waals surface area contributed by atoms with Gasteiger partial charge in [-0.15, -0.1) is 0 Å². The third kappa shape index (κ3) is 2.98. The van der Waals surface area contributed by atoms with Crippen molar-refractivity contribution in [2.24, 2.45) is 12.0 Å². The fourth-order valence-corrected chi connectivity index (χ4v) is 3.09. The van der Waals surface area contributed by atoms with E-state index < -0.39 is 0 Å². The van der Waals surface area contributed by atoms with E-state index >= 15 is 0 Å². The highest BCUT2D eigenvalue weighted by molar-refractivity contribution is 7.72. The van der Waals surface area contributed by atoms with Gasteiger partial charge in [0.15, 0.2) is 4.77 Å². The van der Waals surface area contributed by atoms with Gasteiger partial charge >= 0.3 is 0 Å². The van der Waals surface area contributed by atoms with Crippen LogP contribution in [0.3, 0.4) is 0 Å². The van der Waals surface area contributed by atoms with Gasteiger partial charge in [0, 0.05) is 25.2 Å². The van der Waals surface area contributed by atoms with Crippen LogP contribution in [-0.4, -0.2) is 27.0 Å². The van der Waals surface area contributed by atoms with Crippen molar-refractivity contribution >= 4 is 30.3 Å². The normalized spacial score (nSPS) is 11.5. The Balaban J connectivity index is 2.24. The summed E-state index contributed by atoms with van der Waals surface area (Å²) in [6.07, 6.45) is 0. The minimum Gasteiger partial charge on any atom is -0.305 e. The molecule has 0 atom stereocenters. The zero-order valence-corrected chi connectivity index (χ0v) is 15.0. The van der Waals surface area contributed by atoms with Gasteiger partial charge < -0.3 is 4.57 Å². The smallest absolute Gasteiger partial charge is 0.209 e. The second kappa shape index (κ2) is 6.98. The van der Waals surface area contributed by atoms with E-state index in [1.54, 1.807) is 11.6 Å². The second-order valence-electron chi connectivity index (χ2n) is 5.17. The van der Waals surface area contributed by atoms with Crippen LogP contribution < -0.4 is 0 Å². The molecule has 0 aliphatic heterocycles. The van der Waals surface area contributed by atoms with Crippen molar-refractivity contribution in [3.05, 3.63) is 75.8 Å². The minimum absolute atomic E-state index is 0.390. The van der Waals surface area contributed by atoms with E-state index in [9.17, 15) is 0 Å². The summed E-state index contributed by atoms with van der Waals surface area (Å²) in [7, 11) is 3.62. The predicted octanol–water partition coefficient (Wildman–Crippen LogP) is 4.27. The highest BCUT2D eigenvalue weighted by Crippen LogP contribution is 2.17. The molecule has 3 aromatic rings. The van der Waals surface area contributed by atoms with Gasteiger partial charge in [-0.3, -0.25) is 4.99 Å². The highest BCUT2D eigenvalue weighted by Gasteiger charge is 2.13. The molecule has 0 unspecified atom stereocenters. The Morgan fingerprint density at radius 3 is 2.12 bits per heavy atom. The molecule has 2 aromatic carbocycles. The maximum Gasteiger partial charge on any atom is 0.209 e. The molecule has 0 saturated heterocycles. The lowest BCUT2D eigenvalue weighted by molar-refractivity contribution is 0.766. The minimum atomic E-state index is 0.390. The molecule has 4 nitrogen and oxygen atoms in total. The van der Waals surface area contributed by atoms with Crippen LogP contribution >= 0.6 is 24.4 Å². The molecule has 0 N–H and O–H groups in total. The Morgan fingerprint density at radius 1 is 0.958 bits per heavy atom. The first-order valence-electron chi connectivity index (χ1n) is 7.41. The first-order valence-corrected chi connectivity index (χ1v) is 8.23. The van der Waals surface area contributed by atoms with Crippen molar-refractivity contribution in [2.45, 2.75) is 0 Å². The number of hydrogen-bond donors (Lipinski definition) is 0. The Labute approximate surface area is 150 Å². The number of benzene rings is 2. The lowest BCUT2D eigenvalue weighted by Crippen LogP contribution is -2.21. The standard InChI is InChI=1S/C18H16N4S2/c1-19-15(13-9-5-3-6-10-13)22-17(23)20-16(21(2)18(22)24)14-11-7-4-8-12-14/h3-12H,1-2H3. The van der Waals surface area contributed by atoms with E-state index in [2.05, 4.69) is 9.98 Å². The van der Waals surface area contributed by atoms with Crippen molar-refractivity contribution < 1.29 is 0 Å². The van der Waals surface area contributed by atoms with Crippen LogP contribution in [0.1, 0.15) is 5.56 Å². The summed E-state index contributed by atoms with van der Waals surface area (Å²) in [6.45, 7) is 0. The van der Waals surface area contributed by atoms with Crippen LogP contribution in [0.15, 0.2) is 65.7 Å². The molecule has 0 radical (unpaired) electrons. The van der Waals surface area contributed by atoms with Crippen molar-refractivity contribution in [3.63, 3.8) is 0 Å². The second-order valence-corrected chi connectivity index (χ2v) is 5.90. The summed E-state index contributed by atoms with van der Waals surface area (Å²) < 4.78 is 4.53. The van der Waals surface area contributed by atoms with Crippen LogP contribution in [0, 0.1) is 9.54 Å². The average molecular weight is 352 g/mol. The lowest BCUT2D eigenvalue weighted by Gasteiger charge is -2.15. The van der Waals surface area contributed by atoms with Crippen LogP contribution in [0.4, 0.5) is 0 Å². The number of hydrogen-bond acceptors (Lipinski definition) is 4. The molecule has 0 aliphatic rings. The number of nitrogens with zero attached hydrogens (tertiary/aromatic N) is 4. The largest absolute Gasteiger partial charge is 0.305 e. The van der Waals surface area contributed by atoms with Gasteiger partial charge in [-0.25, -0.2) is 9.55 Å². The molecule has 0 aliphatic carbocycles. The molecular weight excluding hydrogens is 336 g/mol. The Morgan fingerprint density at radius 2 is 1.54 bits per heavy atom. The summed E-state index contributed by atoms with van der Waals surface area (Å²) in [5.41, 5.74) is 1.91. The molecule has 0 amide bonds. The summed E-state index contributed by atoms with van der Waals surface area (Å²) in [5, 5.41) is 0.